The number of aliphatic carboxylic acids is 1. The number of carbonyl (C=O) groups excluding carboxylic acids is 1. The van der Waals surface area contributed by atoms with Crippen LogP contribution >= 0.6 is 0 Å². The lowest BCUT2D eigenvalue weighted by molar-refractivity contribution is -0.405. The molecule has 0 amide bonds. The topological polar surface area (TPSA) is 287 Å². The van der Waals surface area contributed by atoms with E-state index in [1.165, 1.54) is 24.2 Å². The molecule has 3 aliphatic rings. The molecule has 0 bridgehead atoms. The summed E-state index contributed by atoms with van der Waals surface area (Å²) >= 11 is 0. The van der Waals surface area contributed by atoms with Crippen LogP contribution < -0.4 is 11.1 Å². The molecule has 0 aliphatic carbocycles. The van der Waals surface area contributed by atoms with Gasteiger partial charge in [-0.25, -0.2) is 9.59 Å². The molecule has 0 unspecified atom stereocenters. The number of nitrogens with zero attached hydrogens (tertiary/aromatic N) is 2. The Hall–Kier alpha value is -3.85. The first kappa shape index (κ1) is 35.6. The van der Waals surface area contributed by atoms with Gasteiger partial charge in [0.2, 0.25) is 12.1 Å². The second-order valence-electron chi connectivity index (χ2n) is 10.2. The van der Waals surface area contributed by atoms with E-state index in [2.05, 4.69) is 16.9 Å². The fourth-order valence-electron chi connectivity index (χ4n) is 4.88. The first-order valence-electron chi connectivity index (χ1n) is 13.4. The van der Waals surface area contributed by atoms with Crippen LogP contribution in [-0.2, 0) is 28.5 Å². The van der Waals surface area contributed by atoms with Crippen molar-refractivity contribution in [2.75, 3.05) is 40.5 Å². The van der Waals surface area contributed by atoms with Gasteiger partial charge in [0.15, 0.2) is 18.4 Å². The average molecular weight is 643 g/mol. The first-order chi connectivity index (χ1) is 21.2. The molecule has 3 aliphatic heterocycles. The van der Waals surface area contributed by atoms with E-state index in [0.717, 1.165) is 25.5 Å². The van der Waals surface area contributed by atoms with Gasteiger partial charge in [0.1, 0.15) is 29.6 Å². The lowest BCUT2D eigenvalue weighted by Crippen LogP contribution is -2.68. The highest BCUT2D eigenvalue weighted by Gasteiger charge is 2.57. The van der Waals surface area contributed by atoms with Crippen LogP contribution in [0.2, 0.25) is 0 Å². The average Bonchev–Trinajstić information content (AvgIpc) is 3.01. The van der Waals surface area contributed by atoms with Gasteiger partial charge in [-0.05, 0) is 11.6 Å². The predicted octanol–water partition coefficient (Wildman–Crippen LogP) is -4.31. The number of ether oxygens (including phenoxy) is 4. The Balaban J connectivity index is 2.10. The van der Waals surface area contributed by atoms with Gasteiger partial charge in [-0.15, -0.1) is 6.58 Å². The van der Waals surface area contributed by atoms with Crippen LogP contribution in [0.5, 0.6) is 0 Å². The molecule has 0 saturated carbocycles. The Morgan fingerprint density at radius 3 is 2.49 bits per heavy atom. The van der Waals surface area contributed by atoms with E-state index < -0.39 is 72.3 Å². The molecule has 1 fully saturated rings. The molecule has 18 heteroatoms. The van der Waals surface area contributed by atoms with Crippen molar-refractivity contribution in [2.24, 2.45) is 16.6 Å². The SMILES string of the molecule is C=C[C@H]1[C@H](O[C@@H]2O[C@H](CO)[C@@H](O)C(O)(O)[C@H]2O)OC=C(C(=O)OC)[C@@]1(O)/C=C/C1=C(NC(N)=NC)C(C(=O)O)=CN(CCO)C1. The summed E-state index contributed by atoms with van der Waals surface area (Å²) in [6, 6.07) is 0. The first-order valence-corrected chi connectivity index (χ1v) is 13.4. The number of aliphatic hydroxyl groups excluding tert-OH is 4. The second-order valence-corrected chi connectivity index (χ2v) is 10.2. The molecule has 0 radical (unpaired) electrons. The minimum atomic E-state index is -3.19. The van der Waals surface area contributed by atoms with Crippen molar-refractivity contribution in [3.63, 3.8) is 0 Å². The Kier molecular flexibility index (Phi) is 11.5. The summed E-state index contributed by atoms with van der Waals surface area (Å²) in [6.07, 6.45) is -4.03. The summed E-state index contributed by atoms with van der Waals surface area (Å²) < 4.78 is 21.2. The summed E-state index contributed by atoms with van der Waals surface area (Å²) in [5, 5.41) is 84.6. The van der Waals surface area contributed by atoms with Crippen LogP contribution in [0.25, 0.3) is 0 Å². The number of aliphatic hydroxyl groups is 7. The van der Waals surface area contributed by atoms with Crippen LogP contribution in [0.3, 0.4) is 0 Å². The summed E-state index contributed by atoms with van der Waals surface area (Å²) in [5.74, 6) is -7.15. The Morgan fingerprint density at radius 1 is 1.24 bits per heavy atom. The lowest BCUT2D eigenvalue weighted by atomic mass is 9.78. The fourth-order valence-corrected chi connectivity index (χ4v) is 4.88. The number of carboxylic acids is 1. The number of carbonyl (C=O) groups is 2. The number of guanidine groups is 1. The number of esters is 1. The van der Waals surface area contributed by atoms with Crippen LogP contribution in [0.4, 0.5) is 0 Å². The van der Waals surface area contributed by atoms with Gasteiger partial charge in [0.25, 0.3) is 0 Å². The van der Waals surface area contributed by atoms with Gasteiger partial charge in [-0.3, -0.25) is 4.99 Å². The zero-order valence-electron chi connectivity index (χ0n) is 24.4. The van der Waals surface area contributed by atoms with E-state index in [1.807, 2.05) is 0 Å². The molecular weight excluding hydrogens is 604 g/mol. The van der Waals surface area contributed by atoms with E-state index in [4.69, 9.17) is 24.7 Å². The Labute approximate surface area is 256 Å². The molecule has 11 N–H and O–H groups in total. The highest BCUT2D eigenvalue weighted by molar-refractivity contribution is 5.95. The Bertz CT molecular complexity index is 1290. The minimum absolute atomic E-state index is 0.00221. The normalized spacial score (nSPS) is 32.0. The molecule has 1 saturated heterocycles. The summed E-state index contributed by atoms with van der Waals surface area (Å²) in [5.41, 5.74) is 2.93. The molecule has 250 valence electrons. The number of aliphatic imine (C=N–C) groups is 1. The summed E-state index contributed by atoms with van der Waals surface area (Å²) in [4.78, 5) is 30.2. The molecule has 7 atom stereocenters. The number of hydrogen-bond donors (Lipinski definition) is 10. The highest BCUT2D eigenvalue weighted by atomic mass is 16.8. The van der Waals surface area contributed by atoms with E-state index in [0.29, 0.717) is 0 Å². The number of nitrogens with two attached hydrogens (primary N) is 1. The highest BCUT2D eigenvalue weighted by Crippen LogP contribution is 2.40. The van der Waals surface area contributed by atoms with E-state index in [9.17, 15) is 50.4 Å². The van der Waals surface area contributed by atoms with Crippen LogP contribution in [0.15, 0.2) is 64.7 Å². The standard InChI is InChI=1S/C27H38N4O14/c1-4-15-23(45-24-20(35)27(40,41)19(34)17(11-33)44-24)43-12-16(22(38)42-3)26(15,39)6-5-13-9-31(7-8-32)10-14(21(36)37)18(13)30-25(28)29-2/h4-6,10,12,15,17,19-20,23-24,32-35,39-41H,1,7-9,11H2,2-3H3,(H,36,37)(H3,28,29,30)/b6-5+/t15-,17+,19+,20-,23-,24-,26+/m0/s1. The third-order valence-corrected chi connectivity index (χ3v) is 7.38. The molecule has 0 aromatic rings. The van der Waals surface area contributed by atoms with Crippen molar-refractivity contribution in [3.05, 3.63) is 59.7 Å². The molecule has 3 rings (SSSR count). The molecular formula is C27H38N4O14. The largest absolute Gasteiger partial charge is 0.478 e. The number of methoxy groups -OCH3 is 1. The minimum Gasteiger partial charge on any atom is -0.478 e. The third-order valence-electron chi connectivity index (χ3n) is 7.38. The van der Waals surface area contributed by atoms with Gasteiger partial charge in [0, 0.05) is 26.3 Å². The van der Waals surface area contributed by atoms with Crippen molar-refractivity contribution in [2.45, 2.75) is 42.3 Å². The van der Waals surface area contributed by atoms with Crippen molar-refractivity contribution < 1.29 is 69.4 Å². The maximum Gasteiger partial charge on any atom is 0.340 e. The fraction of sp³-hybridized carbons (Fsp3) is 0.519. The Morgan fingerprint density at radius 2 is 1.93 bits per heavy atom. The number of rotatable bonds is 11. The quantitative estimate of drug-likeness (QED) is 0.0335. The van der Waals surface area contributed by atoms with Gasteiger partial charge in [-0.1, -0.05) is 12.2 Å². The molecule has 3 heterocycles. The molecule has 45 heavy (non-hydrogen) atoms. The van der Waals surface area contributed by atoms with Gasteiger partial charge in [-0.2, -0.15) is 0 Å². The number of nitrogens with one attached hydrogen (secondary N) is 1. The number of carboxylic acid groups (broad SMARTS) is 1. The summed E-state index contributed by atoms with van der Waals surface area (Å²) in [7, 11) is 2.41. The van der Waals surface area contributed by atoms with E-state index in [-0.39, 0.29) is 42.5 Å². The van der Waals surface area contributed by atoms with Gasteiger partial charge >= 0.3 is 11.9 Å². The maximum absolute atomic E-state index is 12.8. The van der Waals surface area contributed by atoms with Gasteiger partial charge < -0.3 is 75.8 Å². The molecule has 0 spiro atoms. The van der Waals surface area contributed by atoms with Crippen molar-refractivity contribution in [3.8, 4) is 0 Å². The van der Waals surface area contributed by atoms with Crippen LogP contribution in [0.1, 0.15) is 0 Å². The van der Waals surface area contributed by atoms with Crippen molar-refractivity contribution in [1.82, 2.24) is 10.2 Å². The number of β-amino-alcohol motifs (C(OH)–C–C–N with tert-alkyl or cyclic N) is 1. The van der Waals surface area contributed by atoms with Crippen LogP contribution in [-0.4, -0.2) is 146 Å². The van der Waals surface area contributed by atoms with Gasteiger partial charge in [0.05, 0.1) is 37.5 Å². The molecule has 0 aromatic heterocycles. The third kappa shape index (κ3) is 7.19. The predicted molar refractivity (Wildman–Crippen MR) is 151 cm³/mol. The zero-order valence-corrected chi connectivity index (χ0v) is 24.4. The lowest BCUT2D eigenvalue weighted by Gasteiger charge is -2.47. The van der Waals surface area contributed by atoms with Crippen molar-refractivity contribution in [1.29, 1.82) is 0 Å². The van der Waals surface area contributed by atoms with Crippen LogP contribution in [0, 0.1) is 5.92 Å². The smallest absolute Gasteiger partial charge is 0.340 e. The summed E-state index contributed by atoms with van der Waals surface area (Å²) in [6.45, 7) is 2.49. The number of hydrogen-bond acceptors (Lipinski definition) is 15. The monoisotopic (exact) mass is 642 g/mol. The van der Waals surface area contributed by atoms with E-state index >= 15 is 0 Å². The second kappa shape index (κ2) is 14.5. The molecule has 18 nitrogen and oxygen atoms in total. The zero-order chi connectivity index (χ0) is 33.7. The maximum atomic E-state index is 12.8. The molecule has 0 aromatic carbocycles. The van der Waals surface area contributed by atoms with E-state index in [1.54, 1.807) is 0 Å². The van der Waals surface area contributed by atoms with Crippen molar-refractivity contribution >= 4 is 17.9 Å².